The number of nitrogens with two attached hydrogens (primary N) is 1. The summed E-state index contributed by atoms with van der Waals surface area (Å²) in [5.41, 5.74) is 9.45. The SMILES string of the molecule is C=CC(=O)NC1(C(=O)NC2Cn3c(c(-c4ccc(Oc5ccccc5)cc4)c4c(N)ncnc43)C2=C)CC1. The zero-order valence-corrected chi connectivity index (χ0v) is 20.6. The maximum atomic E-state index is 13.1. The second-order valence-corrected chi connectivity index (χ2v) is 9.56. The summed E-state index contributed by atoms with van der Waals surface area (Å²) in [4.78, 5) is 33.7. The van der Waals surface area contributed by atoms with E-state index in [1.807, 2.05) is 59.2 Å². The fourth-order valence-corrected chi connectivity index (χ4v) is 5.01. The molecule has 0 saturated heterocycles. The van der Waals surface area contributed by atoms with Crippen LogP contribution in [0.5, 0.6) is 11.5 Å². The van der Waals surface area contributed by atoms with Crippen LogP contribution >= 0.6 is 0 Å². The molecule has 9 heteroatoms. The molecule has 0 spiro atoms. The highest BCUT2D eigenvalue weighted by atomic mass is 16.5. The molecular formula is C29H26N6O3. The molecule has 0 bridgehead atoms. The van der Waals surface area contributed by atoms with Gasteiger partial charge in [-0.3, -0.25) is 9.59 Å². The summed E-state index contributed by atoms with van der Waals surface area (Å²) >= 11 is 0. The minimum Gasteiger partial charge on any atom is -0.457 e. The molecule has 3 heterocycles. The first-order valence-corrected chi connectivity index (χ1v) is 12.3. The molecule has 1 aliphatic carbocycles. The number of aromatic nitrogens is 3. The van der Waals surface area contributed by atoms with Gasteiger partial charge in [-0.25, -0.2) is 9.97 Å². The largest absolute Gasteiger partial charge is 0.457 e. The average molecular weight is 507 g/mol. The van der Waals surface area contributed by atoms with Gasteiger partial charge in [0.1, 0.15) is 34.8 Å². The Kier molecular flexibility index (Phi) is 5.48. The summed E-state index contributed by atoms with van der Waals surface area (Å²) in [5.74, 6) is 1.22. The van der Waals surface area contributed by atoms with Crippen LogP contribution in [0, 0.1) is 0 Å². The van der Waals surface area contributed by atoms with Crippen LogP contribution < -0.4 is 21.1 Å². The van der Waals surface area contributed by atoms with E-state index in [9.17, 15) is 9.59 Å². The van der Waals surface area contributed by atoms with Crippen LogP contribution in [-0.4, -0.2) is 37.9 Å². The van der Waals surface area contributed by atoms with Crippen LogP contribution in [0.3, 0.4) is 0 Å². The summed E-state index contributed by atoms with van der Waals surface area (Å²) in [7, 11) is 0. The summed E-state index contributed by atoms with van der Waals surface area (Å²) in [5, 5.41) is 6.59. The summed E-state index contributed by atoms with van der Waals surface area (Å²) in [6.45, 7) is 8.26. The van der Waals surface area contributed by atoms with Crippen molar-refractivity contribution in [2.24, 2.45) is 0 Å². The van der Waals surface area contributed by atoms with Crippen LogP contribution in [0.15, 0.2) is 80.2 Å². The van der Waals surface area contributed by atoms with Gasteiger partial charge in [-0.05, 0) is 54.3 Å². The lowest BCUT2D eigenvalue weighted by Gasteiger charge is -2.20. The number of hydrogen-bond donors (Lipinski definition) is 3. The number of nitrogen functional groups attached to an aromatic ring is 1. The van der Waals surface area contributed by atoms with Crippen molar-refractivity contribution in [3.8, 4) is 22.6 Å². The Bertz CT molecular complexity index is 1600. The molecule has 4 N–H and O–H groups in total. The average Bonchev–Trinajstić information content (AvgIpc) is 3.54. The lowest BCUT2D eigenvalue weighted by Crippen LogP contribution is -2.51. The van der Waals surface area contributed by atoms with E-state index in [-0.39, 0.29) is 17.9 Å². The normalized spacial score (nSPS) is 17.1. The second-order valence-electron chi connectivity index (χ2n) is 9.56. The molecule has 4 aromatic rings. The Morgan fingerprint density at radius 1 is 1.08 bits per heavy atom. The third kappa shape index (κ3) is 3.88. The number of benzene rings is 2. The Balaban J connectivity index is 1.33. The van der Waals surface area contributed by atoms with Crippen LogP contribution in [0.25, 0.3) is 27.7 Å². The number of hydrogen-bond acceptors (Lipinski definition) is 6. The van der Waals surface area contributed by atoms with Gasteiger partial charge in [0.05, 0.1) is 17.1 Å². The predicted molar refractivity (Wildman–Crippen MR) is 145 cm³/mol. The fraction of sp³-hybridized carbons (Fsp3) is 0.172. The Hall–Kier alpha value is -4.92. The molecule has 2 aromatic carbocycles. The van der Waals surface area contributed by atoms with Crippen molar-refractivity contribution >= 4 is 34.2 Å². The van der Waals surface area contributed by atoms with E-state index >= 15 is 0 Å². The van der Waals surface area contributed by atoms with Crippen molar-refractivity contribution in [2.75, 3.05) is 5.73 Å². The lowest BCUT2D eigenvalue weighted by molar-refractivity contribution is -0.128. The minimum atomic E-state index is -0.894. The maximum Gasteiger partial charge on any atom is 0.246 e. The van der Waals surface area contributed by atoms with E-state index in [0.29, 0.717) is 36.6 Å². The Labute approximate surface area is 219 Å². The number of rotatable bonds is 7. The van der Waals surface area contributed by atoms with Crippen molar-refractivity contribution in [2.45, 2.75) is 31.0 Å². The summed E-state index contributed by atoms with van der Waals surface area (Å²) < 4.78 is 7.97. The lowest BCUT2D eigenvalue weighted by atomic mass is 9.97. The molecule has 1 aliphatic heterocycles. The first kappa shape index (κ1) is 23.5. The maximum absolute atomic E-state index is 13.1. The molecule has 2 amide bonds. The van der Waals surface area contributed by atoms with Gasteiger partial charge in [-0.2, -0.15) is 0 Å². The predicted octanol–water partition coefficient (Wildman–Crippen LogP) is 3.82. The van der Waals surface area contributed by atoms with Gasteiger partial charge < -0.3 is 25.7 Å². The molecule has 1 saturated carbocycles. The third-order valence-electron chi connectivity index (χ3n) is 7.12. The number of carbonyl (C=O) groups excluding carboxylic acids is 2. The molecular weight excluding hydrogens is 480 g/mol. The van der Waals surface area contributed by atoms with Gasteiger partial charge in [0, 0.05) is 12.1 Å². The second kappa shape index (κ2) is 8.88. The standard InChI is InChI=1S/C29H26N6O3/c1-3-22(36)34-29(13-14-29)28(37)33-21-15-35-25(17(21)2)23(24-26(30)31-16-32-27(24)35)18-9-11-20(12-10-18)38-19-7-5-4-6-8-19/h3-12,16,21H,1-2,13-15H2,(H,33,37)(H,34,36)(H2,30,31,32). The van der Waals surface area contributed by atoms with Crippen LogP contribution in [0.4, 0.5) is 5.82 Å². The summed E-state index contributed by atoms with van der Waals surface area (Å²) in [6, 6.07) is 16.9. The van der Waals surface area contributed by atoms with Gasteiger partial charge in [0.15, 0.2) is 0 Å². The Morgan fingerprint density at radius 3 is 2.47 bits per heavy atom. The van der Waals surface area contributed by atoms with E-state index in [2.05, 4.69) is 33.8 Å². The minimum absolute atomic E-state index is 0.230. The molecule has 9 nitrogen and oxygen atoms in total. The number of ether oxygens (including phenoxy) is 1. The van der Waals surface area contributed by atoms with Crippen molar-refractivity contribution < 1.29 is 14.3 Å². The van der Waals surface area contributed by atoms with Gasteiger partial charge in [0.2, 0.25) is 11.8 Å². The molecule has 190 valence electrons. The van der Waals surface area contributed by atoms with E-state index < -0.39 is 5.54 Å². The number of para-hydroxylation sites is 1. The number of carbonyl (C=O) groups is 2. The van der Waals surface area contributed by atoms with E-state index in [1.54, 1.807) is 0 Å². The number of nitrogens with one attached hydrogen (secondary N) is 2. The fourth-order valence-electron chi connectivity index (χ4n) is 5.01. The number of amides is 2. The molecule has 0 radical (unpaired) electrons. The van der Waals surface area contributed by atoms with Gasteiger partial charge >= 0.3 is 0 Å². The highest BCUT2D eigenvalue weighted by Crippen LogP contribution is 2.44. The van der Waals surface area contributed by atoms with Crippen molar-refractivity contribution in [3.05, 3.63) is 85.9 Å². The van der Waals surface area contributed by atoms with E-state index in [4.69, 9.17) is 10.5 Å². The quantitative estimate of drug-likeness (QED) is 0.328. The van der Waals surface area contributed by atoms with E-state index in [1.165, 1.54) is 12.4 Å². The Morgan fingerprint density at radius 2 is 1.79 bits per heavy atom. The zero-order valence-electron chi connectivity index (χ0n) is 20.6. The monoisotopic (exact) mass is 506 g/mol. The first-order valence-electron chi connectivity index (χ1n) is 12.3. The third-order valence-corrected chi connectivity index (χ3v) is 7.12. The van der Waals surface area contributed by atoms with Crippen LogP contribution in [-0.2, 0) is 16.1 Å². The molecule has 1 atom stereocenters. The van der Waals surface area contributed by atoms with Crippen molar-refractivity contribution in [3.63, 3.8) is 0 Å². The molecule has 2 aliphatic rings. The zero-order chi connectivity index (χ0) is 26.4. The van der Waals surface area contributed by atoms with Gasteiger partial charge in [0.25, 0.3) is 0 Å². The van der Waals surface area contributed by atoms with Crippen molar-refractivity contribution in [1.82, 2.24) is 25.2 Å². The van der Waals surface area contributed by atoms with E-state index in [0.717, 1.165) is 33.5 Å². The van der Waals surface area contributed by atoms with Gasteiger partial charge in [-0.15, -0.1) is 0 Å². The summed E-state index contributed by atoms with van der Waals surface area (Å²) in [6.07, 6.45) is 3.77. The van der Waals surface area contributed by atoms with Crippen molar-refractivity contribution in [1.29, 1.82) is 0 Å². The topological polar surface area (TPSA) is 124 Å². The number of fused-ring (bicyclic) bond motifs is 3. The first-order chi connectivity index (χ1) is 18.4. The molecule has 2 aromatic heterocycles. The van der Waals surface area contributed by atoms with Crippen LogP contribution in [0.2, 0.25) is 0 Å². The number of anilines is 1. The highest BCUT2D eigenvalue weighted by molar-refractivity contribution is 6.07. The molecule has 1 fully saturated rings. The molecule has 6 rings (SSSR count). The molecule has 1 unspecified atom stereocenters. The van der Waals surface area contributed by atoms with Crippen LogP contribution in [0.1, 0.15) is 18.5 Å². The van der Waals surface area contributed by atoms with Gasteiger partial charge in [-0.1, -0.05) is 43.5 Å². The number of nitrogens with zero attached hydrogens (tertiary/aromatic N) is 3. The molecule has 38 heavy (non-hydrogen) atoms. The smallest absolute Gasteiger partial charge is 0.246 e. The highest BCUT2D eigenvalue weighted by Gasteiger charge is 2.52.